The molecular formula is C29H34O10. The summed E-state index contributed by atoms with van der Waals surface area (Å²) in [6.07, 6.45) is -2.06. The highest BCUT2D eigenvalue weighted by atomic mass is 16.7. The van der Waals surface area contributed by atoms with Gasteiger partial charge in [0, 0.05) is 17.8 Å². The van der Waals surface area contributed by atoms with Crippen molar-refractivity contribution in [3.8, 4) is 0 Å². The number of aliphatic hydroxyl groups excluding tert-OH is 1. The lowest BCUT2D eigenvalue weighted by Gasteiger charge is -2.48. The van der Waals surface area contributed by atoms with E-state index in [2.05, 4.69) is 0 Å². The van der Waals surface area contributed by atoms with Crippen LogP contribution in [0.5, 0.6) is 0 Å². The summed E-state index contributed by atoms with van der Waals surface area (Å²) < 4.78 is 31.8. The summed E-state index contributed by atoms with van der Waals surface area (Å²) in [5.41, 5.74) is -2.92. The first-order valence-electron chi connectivity index (χ1n) is 14.2. The van der Waals surface area contributed by atoms with Crippen molar-refractivity contribution in [2.45, 2.75) is 114 Å². The van der Waals surface area contributed by atoms with Crippen LogP contribution < -0.4 is 0 Å². The molecule has 0 aromatic heterocycles. The van der Waals surface area contributed by atoms with Crippen LogP contribution in [-0.4, -0.2) is 75.6 Å². The van der Waals surface area contributed by atoms with Gasteiger partial charge in [-0.2, -0.15) is 0 Å². The van der Waals surface area contributed by atoms with Crippen molar-refractivity contribution >= 4 is 23.5 Å². The van der Waals surface area contributed by atoms with Crippen molar-refractivity contribution in [2.24, 2.45) is 29.1 Å². The Morgan fingerprint density at radius 1 is 1.03 bits per heavy atom. The number of allylic oxidation sites excluding steroid dienone is 1. The number of fused-ring (bicyclic) bond motifs is 2. The van der Waals surface area contributed by atoms with Crippen LogP contribution in [0.2, 0.25) is 0 Å². The van der Waals surface area contributed by atoms with Crippen molar-refractivity contribution in [1.82, 2.24) is 0 Å². The molecule has 0 unspecified atom stereocenters. The van der Waals surface area contributed by atoms with Crippen molar-refractivity contribution < 1.29 is 48.0 Å². The van der Waals surface area contributed by atoms with Crippen molar-refractivity contribution in [2.75, 3.05) is 0 Å². The van der Waals surface area contributed by atoms with Crippen LogP contribution in [0.4, 0.5) is 0 Å². The lowest BCUT2D eigenvalue weighted by atomic mass is 9.61. The first-order valence-corrected chi connectivity index (χ1v) is 14.2. The van der Waals surface area contributed by atoms with E-state index in [1.165, 1.54) is 0 Å². The van der Waals surface area contributed by atoms with Crippen LogP contribution in [0.1, 0.15) is 66.7 Å². The van der Waals surface area contributed by atoms with Crippen LogP contribution in [0.3, 0.4) is 0 Å². The van der Waals surface area contributed by atoms with Gasteiger partial charge in [-0.1, -0.05) is 6.92 Å². The van der Waals surface area contributed by atoms with Gasteiger partial charge in [-0.25, -0.2) is 0 Å². The molecule has 7 fully saturated rings. The molecule has 12 atom stereocenters. The largest absolute Gasteiger partial charge is 0.456 e. The molecule has 0 radical (unpaired) electrons. The first-order chi connectivity index (χ1) is 18.2. The fourth-order valence-electron chi connectivity index (χ4n) is 10.2. The average molecular weight is 543 g/mol. The molecule has 210 valence electrons. The molecule has 0 aromatic rings. The average Bonchev–Trinajstić information content (AvgIpc) is 3.45. The van der Waals surface area contributed by atoms with Crippen LogP contribution in [0.15, 0.2) is 11.1 Å². The van der Waals surface area contributed by atoms with Crippen LogP contribution in [0.25, 0.3) is 0 Å². The number of carbonyl (C=O) groups is 4. The van der Waals surface area contributed by atoms with Crippen LogP contribution >= 0.6 is 0 Å². The molecule has 3 spiro atoms. The topological polar surface area (TPSA) is 135 Å². The number of carbonyl (C=O) groups excluding carboxylic acids is 4. The normalized spacial score (nSPS) is 56.3. The van der Waals surface area contributed by atoms with Gasteiger partial charge in [-0.15, -0.1) is 0 Å². The maximum absolute atomic E-state index is 14.8. The van der Waals surface area contributed by atoms with Crippen molar-refractivity contribution in [1.29, 1.82) is 0 Å². The zero-order valence-electron chi connectivity index (χ0n) is 22.8. The minimum Gasteiger partial charge on any atom is -0.456 e. The van der Waals surface area contributed by atoms with Gasteiger partial charge < -0.3 is 28.8 Å². The first kappa shape index (κ1) is 24.6. The molecule has 0 amide bonds. The van der Waals surface area contributed by atoms with Crippen LogP contribution in [-0.2, 0) is 42.9 Å². The molecule has 1 N–H and O–H groups in total. The van der Waals surface area contributed by atoms with E-state index >= 15 is 0 Å². The second-order valence-electron chi connectivity index (χ2n) is 14.0. The van der Waals surface area contributed by atoms with E-state index in [-0.39, 0.29) is 36.9 Å². The number of hydrogen-bond acceptors (Lipinski definition) is 10. The van der Waals surface area contributed by atoms with E-state index in [1.54, 1.807) is 13.8 Å². The Kier molecular flexibility index (Phi) is 4.32. The van der Waals surface area contributed by atoms with Crippen molar-refractivity contribution in [3.05, 3.63) is 11.1 Å². The number of esters is 2. The SMILES string of the molecule is CC1=C2[C@H]3OC(=O)[C@@H](C)[C@H]3O[C@]34O[C@@]5(CC[C@](C)(C1=O)[C@H]23)C[C@]12OC(=O)C[C@H]1OC(C)(C)[C@@H]2C[C@H](O)[C@H]5C4=O. The van der Waals surface area contributed by atoms with E-state index in [4.69, 9.17) is 23.7 Å². The Bertz CT molecular complexity index is 1320. The van der Waals surface area contributed by atoms with E-state index in [9.17, 15) is 24.3 Å². The Morgan fingerprint density at radius 2 is 1.77 bits per heavy atom. The summed E-state index contributed by atoms with van der Waals surface area (Å²) in [6, 6.07) is 0. The van der Waals surface area contributed by atoms with Gasteiger partial charge in [0.2, 0.25) is 11.6 Å². The Labute approximate surface area is 225 Å². The third kappa shape index (κ3) is 2.51. The van der Waals surface area contributed by atoms with E-state index in [0.29, 0.717) is 24.0 Å². The van der Waals surface area contributed by atoms with Gasteiger partial charge in [0.15, 0.2) is 11.9 Å². The van der Waals surface area contributed by atoms with E-state index in [0.717, 1.165) is 0 Å². The van der Waals surface area contributed by atoms with Gasteiger partial charge in [-0.05, 0) is 58.1 Å². The molecule has 6 heterocycles. The lowest BCUT2D eigenvalue weighted by Crippen LogP contribution is -2.62. The summed E-state index contributed by atoms with van der Waals surface area (Å²) in [5, 5.41) is 11.8. The number of Topliss-reactive ketones (excluding diaryl/α,β-unsaturated/α-hetero) is 2. The molecule has 39 heavy (non-hydrogen) atoms. The third-order valence-corrected chi connectivity index (χ3v) is 11.8. The fourth-order valence-corrected chi connectivity index (χ4v) is 10.2. The Hall–Kier alpha value is -2.14. The molecule has 10 heteroatoms. The summed E-state index contributed by atoms with van der Waals surface area (Å²) in [4.78, 5) is 54.0. The molecule has 10 nitrogen and oxygen atoms in total. The van der Waals surface area contributed by atoms with Gasteiger partial charge in [-0.3, -0.25) is 19.2 Å². The molecule has 8 aliphatic rings. The Balaban J connectivity index is 1.33. The molecular weight excluding hydrogens is 508 g/mol. The minimum absolute atomic E-state index is 0.0952. The van der Waals surface area contributed by atoms with Gasteiger partial charge in [0.05, 0.1) is 41.5 Å². The number of rotatable bonds is 0. The molecule has 0 aromatic carbocycles. The minimum atomic E-state index is -1.86. The van der Waals surface area contributed by atoms with Gasteiger partial charge in [0.25, 0.3) is 0 Å². The van der Waals surface area contributed by atoms with E-state index < -0.39 is 81.9 Å². The predicted octanol–water partition coefficient (Wildman–Crippen LogP) is 1.55. The van der Waals surface area contributed by atoms with E-state index in [1.807, 2.05) is 20.8 Å². The summed E-state index contributed by atoms with van der Waals surface area (Å²) in [6.45, 7) is 9.14. The predicted molar refractivity (Wildman–Crippen MR) is 129 cm³/mol. The lowest BCUT2D eigenvalue weighted by molar-refractivity contribution is -0.306. The fraction of sp³-hybridized carbons (Fsp3) is 0.793. The second-order valence-corrected chi connectivity index (χ2v) is 14.0. The zero-order valence-corrected chi connectivity index (χ0v) is 22.8. The van der Waals surface area contributed by atoms with Gasteiger partial charge >= 0.3 is 11.9 Å². The molecule has 6 saturated heterocycles. The quantitative estimate of drug-likeness (QED) is 0.449. The zero-order chi connectivity index (χ0) is 27.7. The molecule has 8 rings (SSSR count). The highest BCUT2D eigenvalue weighted by Gasteiger charge is 2.82. The third-order valence-electron chi connectivity index (χ3n) is 11.8. The monoisotopic (exact) mass is 542 g/mol. The molecule has 6 aliphatic heterocycles. The van der Waals surface area contributed by atoms with Gasteiger partial charge in [0.1, 0.15) is 17.8 Å². The maximum atomic E-state index is 14.8. The molecule has 2 bridgehead atoms. The highest BCUT2D eigenvalue weighted by molar-refractivity contribution is 6.06. The standard InChI is InChI=1S/C29H34O10/c1-11-17-20-19(12(2)24(34)35-20)38-29-21(17)26(5,22(11)32)6-7-27(39-29)10-28-14(8-13(30)18(27)23(29)33)25(3,4)36-15(28)9-16(31)37-28/h12-15,18-21,30H,6-10H2,1-5H3/t12-,13-,14-,15+,18-,19+,20+,21-,26-,27-,28+,29-/m0/s1. The summed E-state index contributed by atoms with van der Waals surface area (Å²) >= 11 is 0. The Morgan fingerprint density at radius 3 is 2.51 bits per heavy atom. The summed E-state index contributed by atoms with van der Waals surface area (Å²) in [5.74, 6) is -5.91. The number of hydrogen-bond donors (Lipinski definition) is 1. The summed E-state index contributed by atoms with van der Waals surface area (Å²) in [7, 11) is 0. The molecule has 1 saturated carbocycles. The van der Waals surface area contributed by atoms with Crippen LogP contribution in [0, 0.1) is 29.1 Å². The maximum Gasteiger partial charge on any atom is 0.312 e. The number of aliphatic hydroxyl groups is 1. The number of ether oxygens (including phenoxy) is 5. The number of ketones is 2. The smallest absolute Gasteiger partial charge is 0.312 e. The second kappa shape index (κ2) is 6.83. The molecule has 2 aliphatic carbocycles. The van der Waals surface area contributed by atoms with Crippen molar-refractivity contribution in [3.63, 3.8) is 0 Å². The highest BCUT2D eigenvalue weighted by Crippen LogP contribution is 2.70.